The van der Waals surface area contributed by atoms with Crippen LogP contribution in [0.2, 0.25) is 0 Å². The fourth-order valence-corrected chi connectivity index (χ4v) is 3.15. The normalized spacial score (nSPS) is 13.5. The lowest BCUT2D eigenvalue weighted by Gasteiger charge is -2.13. The third-order valence-corrected chi connectivity index (χ3v) is 4.67. The van der Waals surface area contributed by atoms with Crippen LogP contribution in [-0.4, -0.2) is 42.4 Å². The Morgan fingerprint density at radius 1 is 0.926 bits per heavy atom. The van der Waals surface area contributed by atoms with Gasteiger partial charge >= 0.3 is 5.69 Å². The Labute approximate surface area is 152 Å². The number of rotatable bonds is 3. The molecule has 0 N–H and O–H groups in total. The molecule has 0 radical (unpaired) electrons. The standard InChI is InChI=1S/C18H15N5O4/c1-21-14-13(17(26)22(2)18(21)27)19-9-10(20-14)7-8-23-15(24)11-5-3-4-6-12(11)16(23)25/h3-6,9H,7-8H2,1-2H3. The topological polar surface area (TPSA) is 107 Å². The maximum absolute atomic E-state index is 12.4. The first-order valence-corrected chi connectivity index (χ1v) is 8.27. The number of carbonyl (C=O) groups excluding carboxylic acids is 2. The summed E-state index contributed by atoms with van der Waals surface area (Å²) in [6, 6.07) is 6.67. The summed E-state index contributed by atoms with van der Waals surface area (Å²) in [5.41, 5.74) is 0.483. The smallest absolute Gasteiger partial charge is 0.279 e. The predicted molar refractivity (Wildman–Crippen MR) is 95.5 cm³/mol. The zero-order valence-corrected chi connectivity index (χ0v) is 14.7. The van der Waals surface area contributed by atoms with Gasteiger partial charge in [0.05, 0.1) is 16.8 Å². The molecule has 4 rings (SSSR count). The molecule has 3 heterocycles. The van der Waals surface area contributed by atoms with Gasteiger partial charge in [-0.3, -0.25) is 28.4 Å². The van der Waals surface area contributed by atoms with Crippen LogP contribution in [0, 0.1) is 0 Å². The molecule has 9 heteroatoms. The Morgan fingerprint density at radius 3 is 2.19 bits per heavy atom. The van der Waals surface area contributed by atoms with Gasteiger partial charge in [0.1, 0.15) is 0 Å². The van der Waals surface area contributed by atoms with E-state index >= 15 is 0 Å². The Hall–Kier alpha value is -3.62. The SMILES string of the molecule is Cn1c(=O)c2ncc(CCN3C(=O)c4ccccc4C3=O)nc2n(C)c1=O. The van der Waals surface area contributed by atoms with Crippen LogP contribution in [0.25, 0.3) is 11.2 Å². The van der Waals surface area contributed by atoms with Crippen molar-refractivity contribution >= 4 is 23.0 Å². The largest absolute Gasteiger partial charge is 0.332 e. The van der Waals surface area contributed by atoms with E-state index in [4.69, 9.17) is 0 Å². The molecule has 0 saturated carbocycles. The fourth-order valence-electron chi connectivity index (χ4n) is 3.15. The van der Waals surface area contributed by atoms with Crippen molar-refractivity contribution in [1.82, 2.24) is 24.0 Å². The van der Waals surface area contributed by atoms with E-state index in [2.05, 4.69) is 9.97 Å². The summed E-state index contributed by atoms with van der Waals surface area (Å²) in [6.07, 6.45) is 1.68. The third kappa shape index (κ3) is 2.47. The molecule has 1 aliphatic heterocycles. The molecule has 0 spiro atoms. The number of hydrogen-bond donors (Lipinski definition) is 0. The van der Waals surface area contributed by atoms with E-state index in [0.29, 0.717) is 16.8 Å². The molecule has 0 atom stereocenters. The molecule has 0 saturated heterocycles. The van der Waals surface area contributed by atoms with Gasteiger partial charge in [0.15, 0.2) is 11.2 Å². The van der Waals surface area contributed by atoms with E-state index in [1.165, 1.54) is 29.8 Å². The van der Waals surface area contributed by atoms with E-state index in [1.807, 2.05) is 0 Å². The van der Waals surface area contributed by atoms with Gasteiger partial charge in [-0.05, 0) is 12.1 Å². The highest BCUT2D eigenvalue weighted by Crippen LogP contribution is 2.22. The number of amides is 2. The number of benzene rings is 1. The van der Waals surface area contributed by atoms with E-state index in [0.717, 1.165) is 4.57 Å². The van der Waals surface area contributed by atoms with E-state index in [1.54, 1.807) is 24.3 Å². The van der Waals surface area contributed by atoms with Crippen LogP contribution in [0.15, 0.2) is 40.1 Å². The molecule has 9 nitrogen and oxygen atoms in total. The average molecular weight is 365 g/mol. The Kier molecular flexibility index (Phi) is 3.72. The van der Waals surface area contributed by atoms with Crippen molar-refractivity contribution in [1.29, 1.82) is 0 Å². The first-order chi connectivity index (χ1) is 12.9. The number of nitrogens with zero attached hydrogens (tertiary/aromatic N) is 5. The second-order valence-corrected chi connectivity index (χ2v) is 6.30. The highest BCUT2D eigenvalue weighted by Gasteiger charge is 2.34. The lowest BCUT2D eigenvalue weighted by atomic mass is 10.1. The van der Waals surface area contributed by atoms with Crippen LogP contribution in [0.4, 0.5) is 0 Å². The highest BCUT2D eigenvalue weighted by atomic mass is 16.2. The van der Waals surface area contributed by atoms with Crippen molar-refractivity contribution < 1.29 is 9.59 Å². The van der Waals surface area contributed by atoms with Gasteiger partial charge in [0, 0.05) is 33.3 Å². The van der Waals surface area contributed by atoms with Gasteiger partial charge in [0.25, 0.3) is 17.4 Å². The second kappa shape index (κ2) is 5.97. The first-order valence-electron chi connectivity index (χ1n) is 8.27. The van der Waals surface area contributed by atoms with Crippen molar-refractivity contribution in [2.45, 2.75) is 6.42 Å². The van der Waals surface area contributed by atoms with Gasteiger partial charge in [0.2, 0.25) is 0 Å². The summed E-state index contributed by atoms with van der Waals surface area (Å²) >= 11 is 0. The Balaban J connectivity index is 1.64. The number of fused-ring (bicyclic) bond motifs is 2. The monoisotopic (exact) mass is 365 g/mol. The molecule has 27 heavy (non-hydrogen) atoms. The minimum absolute atomic E-state index is 0.0871. The van der Waals surface area contributed by atoms with Crippen LogP contribution in [0.1, 0.15) is 26.4 Å². The Bertz CT molecular complexity index is 1210. The molecule has 0 aliphatic carbocycles. The number of imide groups is 1. The Morgan fingerprint density at radius 2 is 1.56 bits per heavy atom. The van der Waals surface area contributed by atoms with Crippen molar-refractivity contribution in [3.63, 3.8) is 0 Å². The van der Waals surface area contributed by atoms with E-state index in [9.17, 15) is 19.2 Å². The molecule has 2 aromatic heterocycles. The van der Waals surface area contributed by atoms with Gasteiger partial charge in [-0.15, -0.1) is 0 Å². The van der Waals surface area contributed by atoms with Crippen molar-refractivity contribution in [2.75, 3.05) is 6.54 Å². The highest BCUT2D eigenvalue weighted by molar-refractivity contribution is 6.21. The van der Waals surface area contributed by atoms with Crippen LogP contribution in [0.3, 0.4) is 0 Å². The summed E-state index contributed by atoms with van der Waals surface area (Å²) in [6.45, 7) is 0.130. The zero-order valence-electron chi connectivity index (χ0n) is 14.7. The molecule has 1 aromatic carbocycles. The molecular formula is C18H15N5O4. The summed E-state index contributed by atoms with van der Waals surface area (Å²) in [4.78, 5) is 58.6. The molecule has 136 valence electrons. The van der Waals surface area contributed by atoms with Crippen LogP contribution in [0.5, 0.6) is 0 Å². The number of carbonyl (C=O) groups is 2. The minimum atomic E-state index is -0.521. The molecular weight excluding hydrogens is 350 g/mol. The van der Waals surface area contributed by atoms with Crippen molar-refractivity contribution in [3.8, 4) is 0 Å². The number of aromatic nitrogens is 4. The fraction of sp³-hybridized carbons (Fsp3) is 0.222. The summed E-state index contributed by atoms with van der Waals surface area (Å²) in [5.74, 6) is -0.684. The maximum Gasteiger partial charge on any atom is 0.332 e. The van der Waals surface area contributed by atoms with Gasteiger partial charge in [-0.1, -0.05) is 12.1 Å². The zero-order chi connectivity index (χ0) is 19.3. The molecule has 3 aromatic rings. The van der Waals surface area contributed by atoms with Gasteiger partial charge < -0.3 is 0 Å². The summed E-state index contributed by atoms with van der Waals surface area (Å²) < 4.78 is 2.21. The van der Waals surface area contributed by atoms with E-state index in [-0.39, 0.29) is 35.9 Å². The first kappa shape index (κ1) is 16.8. The predicted octanol–water partition coefficient (Wildman–Crippen LogP) is -0.134. The van der Waals surface area contributed by atoms with E-state index < -0.39 is 11.2 Å². The minimum Gasteiger partial charge on any atom is -0.279 e. The summed E-state index contributed by atoms with van der Waals surface area (Å²) in [7, 11) is 2.88. The maximum atomic E-state index is 12.4. The lowest BCUT2D eigenvalue weighted by Crippen LogP contribution is -2.38. The number of aryl methyl sites for hydroxylation is 1. The molecule has 0 fully saturated rings. The quantitative estimate of drug-likeness (QED) is 0.598. The molecule has 2 amide bonds. The number of hydrogen-bond acceptors (Lipinski definition) is 6. The second-order valence-electron chi connectivity index (χ2n) is 6.30. The summed E-state index contributed by atoms with van der Waals surface area (Å²) in [5, 5.41) is 0. The van der Waals surface area contributed by atoms with Crippen molar-refractivity contribution in [2.24, 2.45) is 14.1 Å². The van der Waals surface area contributed by atoms with Crippen LogP contribution >= 0.6 is 0 Å². The average Bonchev–Trinajstić information content (AvgIpc) is 2.93. The molecule has 0 unspecified atom stereocenters. The van der Waals surface area contributed by atoms with Crippen LogP contribution in [-0.2, 0) is 20.5 Å². The van der Waals surface area contributed by atoms with Crippen molar-refractivity contribution in [3.05, 3.63) is 68.1 Å². The molecule has 0 bridgehead atoms. The lowest BCUT2D eigenvalue weighted by molar-refractivity contribution is 0.0656. The van der Waals surface area contributed by atoms with Gasteiger partial charge in [-0.25, -0.2) is 14.8 Å². The third-order valence-electron chi connectivity index (χ3n) is 4.67. The molecule has 1 aliphatic rings. The van der Waals surface area contributed by atoms with Crippen LogP contribution < -0.4 is 11.2 Å². The van der Waals surface area contributed by atoms with Gasteiger partial charge in [-0.2, -0.15) is 0 Å².